The maximum atomic E-state index is 3.83. The minimum absolute atomic E-state index is 0.349. The topological polar surface area (TPSA) is 24.1 Å². The fourth-order valence-corrected chi connectivity index (χ4v) is 3.00. The van der Waals surface area contributed by atoms with E-state index in [2.05, 4.69) is 61.7 Å². The van der Waals surface area contributed by atoms with Gasteiger partial charge >= 0.3 is 0 Å². The van der Waals surface area contributed by atoms with E-state index >= 15 is 0 Å². The summed E-state index contributed by atoms with van der Waals surface area (Å²) in [7, 11) is 0. The highest BCUT2D eigenvalue weighted by Crippen LogP contribution is 2.29. The third-order valence-corrected chi connectivity index (χ3v) is 4.13. The molecule has 0 aliphatic carbocycles. The van der Waals surface area contributed by atoms with Crippen molar-refractivity contribution in [3.8, 4) is 0 Å². The summed E-state index contributed by atoms with van der Waals surface area (Å²) in [5.41, 5.74) is 1.78. The Morgan fingerprint density at radius 3 is 2.40 bits per heavy atom. The second-order valence-electron chi connectivity index (χ2n) is 7.33. The molecule has 1 fully saturated rings. The van der Waals surface area contributed by atoms with Gasteiger partial charge < -0.3 is 10.6 Å². The number of piperidine rings is 1. The largest absolute Gasteiger partial charge is 0.317 e. The Hall–Kier alpha value is -0.860. The number of benzene rings is 1. The van der Waals surface area contributed by atoms with E-state index in [1.807, 2.05) is 0 Å². The molecular formula is C18H30N2. The van der Waals surface area contributed by atoms with E-state index in [0.717, 1.165) is 12.5 Å². The Morgan fingerprint density at radius 2 is 1.80 bits per heavy atom. The van der Waals surface area contributed by atoms with Crippen molar-refractivity contribution in [2.75, 3.05) is 19.6 Å². The molecule has 0 spiro atoms. The van der Waals surface area contributed by atoms with Gasteiger partial charge in [-0.2, -0.15) is 0 Å². The summed E-state index contributed by atoms with van der Waals surface area (Å²) in [6.45, 7) is 10.5. The molecule has 1 aliphatic rings. The summed E-state index contributed by atoms with van der Waals surface area (Å²) in [4.78, 5) is 0. The maximum Gasteiger partial charge on any atom is 0.0325 e. The van der Waals surface area contributed by atoms with Crippen LogP contribution in [0.15, 0.2) is 30.3 Å². The van der Waals surface area contributed by atoms with Gasteiger partial charge in [-0.15, -0.1) is 0 Å². The highest BCUT2D eigenvalue weighted by Gasteiger charge is 2.21. The van der Waals surface area contributed by atoms with E-state index in [-0.39, 0.29) is 0 Å². The van der Waals surface area contributed by atoms with E-state index in [1.165, 1.54) is 37.9 Å². The Morgan fingerprint density at radius 1 is 1.15 bits per heavy atom. The van der Waals surface area contributed by atoms with Gasteiger partial charge in [0.1, 0.15) is 0 Å². The molecule has 2 heteroatoms. The van der Waals surface area contributed by atoms with Crippen molar-refractivity contribution >= 4 is 0 Å². The molecule has 1 aromatic carbocycles. The zero-order chi connectivity index (χ0) is 14.4. The fraction of sp³-hybridized carbons (Fsp3) is 0.667. The molecular weight excluding hydrogens is 244 g/mol. The number of rotatable bonds is 5. The van der Waals surface area contributed by atoms with Crippen molar-refractivity contribution in [1.29, 1.82) is 0 Å². The van der Waals surface area contributed by atoms with Gasteiger partial charge in [-0.3, -0.25) is 0 Å². The molecule has 2 nitrogen and oxygen atoms in total. The second-order valence-corrected chi connectivity index (χ2v) is 7.33. The molecule has 20 heavy (non-hydrogen) atoms. The zero-order valence-corrected chi connectivity index (χ0v) is 13.3. The average Bonchev–Trinajstić information content (AvgIpc) is 2.44. The molecule has 0 saturated carbocycles. The third kappa shape index (κ3) is 5.26. The van der Waals surface area contributed by atoms with E-state index in [0.29, 0.717) is 11.5 Å². The van der Waals surface area contributed by atoms with E-state index in [9.17, 15) is 0 Å². The van der Waals surface area contributed by atoms with Crippen LogP contribution in [-0.2, 0) is 0 Å². The van der Waals surface area contributed by atoms with Crippen molar-refractivity contribution in [3.63, 3.8) is 0 Å². The van der Waals surface area contributed by atoms with Crippen LogP contribution in [0.2, 0.25) is 0 Å². The molecule has 0 aromatic heterocycles. The van der Waals surface area contributed by atoms with Crippen molar-refractivity contribution < 1.29 is 0 Å². The molecule has 1 saturated heterocycles. The molecule has 0 amide bonds. The Labute approximate surface area is 124 Å². The quantitative estimate of drug-likeness (QED) is 0.854. The standard InChI is InChI=1S/C18H30N2/c1-18(2,3)13-17(16-7-5-4-6-8-16)20-14-15-9-11-19-12-10-15/h4-8,15,17,19-20H,9-14H2,1-3H3. The molecule has 0 radical (unpaired) electrons. The van der Waals surface area contributed by atoms with E-state index < -0.39 is 0 Å². The van der Waals surface area contributed by atoms with Gasteiger partial charge in [-0.25, -0.2) is 0 Å². The molecule has 1 unspecified atom stereocenters. The van der Waals surface area contributed by atoms with Gasteiger partial charge in [-0.1, -0.05) is 51.1 Å². The Kier molecular flexibility index (Phi) is 5.62. The maximum absolute atomic E-state index is 3.83. The van der Waals surface area contributed by atoms with Crippen LogP contribution < -0.4 is 10.6 Å². The molecule has 1 aromatic rings. The van der Waals surface area contributed by atoms with Crippen LogP contribution in [0.4, 0.5) is 0 Å². The summed E-state index contributed by atoms with van der Waals surface area (Å²) < 4.78 is 0. The predicted molar refractivity (Wildman–Crippen MR) is 86.9 cm³/mol. The van der Waals surface area contributed by atoms with E-state index in [4.69, 9.17) is 0 Å². The van der Waals surface area contributed by atoms with Crippen LogP contribution in [0.5, 0.6) is 0 Å². The Balaban J connectivity index is 1.95. The van der Waals surface area contributed by atoms with Crippen molar-refractivity contribution in [3.05, 3.63) is 35.9 Å². The minimum atomic E-state index is 0.349. The minimum Gasteiger partial charge on any atom is -0.317 e. The zero-order valence-electron chi connectivity index (χ0n) is 13.3. The number of nitrogens with one attached hydrogen (secondary N) is 2. The normalized spacial score (nSPS) is 18.9. The molecule has 0 bridgehead atoms. The van der Waals surface area contributed by atoms with Crippen LogP contribution in [-0.4, -0.2) is 19.6 Å². The number of hydrogen-bond acceptors (Lipinski definition) is 2. The lowest BCUT2D eigenvalue weighted by Gasteiger charge is -2.30. The summed E-state index contributed by atoms with van der Waals surface area (Å²) in [6.07, 6.45) is 3.80. The molecule has 1 heterocycles. The predicted octanol–water partition coefficient (Wildman–Crippen LogP) is 3.75. The third-order valence-electron chi connectivity index (χ3n) is 4.13. The van der Waals surface area contributed by atoms with Crippen LogP contribution in [0, 0.1) is 11.3 Å². The first-order chi connectivity index (χ1) is 9.54. The van der Waals surface area contributed by atoms with E-state index in [1.54, 1.807) is 0 Å². The van der Waals surface area contributed by atoms with Crippen LogP contribution in [0.3, 0.4) is 0 Å². The van der Waals surface area contributed by atoms with Crippen LogP contribution in [0.1, 0.15) is 51.6 Å². The van der Waals surface area contributed by atoms with Crippen molar-refractivity contribution in [1.82, 2.24) is 10.6 Å². The summed E-state index contributed by atoms with van der Waals surface area (Å²) in [5, 5.41) is 7.28. The smallest absolute Gasteiger partial charge is 0.0325 e. The Bertz CT molecular complexity index is 374. The summed E-state index contributed by atoms with van der Waals surface area (Å²) in [5.74, 6) is 0.836. The van der Waals surface area contributed by atoms with Crippen molar-refractivity contribution in [2.24, 2.45) is 11.3 Å². The lowest BCUT2D eigenvalue weighted by Crippen LogP contribution is -2.36. The van der Waals surface area contributed by atoms with Gasteiger partial charge in [0.25, 0.3) is 0 Å². The molecule has 2 N–H and O–H groups in total. The first kappa shape index (κ1) is 15.5. The first-order valence-corrected chi connectivity index (χ1v) is 8.04. The molecule has 2 rings (SSSR count). The SMILES string of the molecule is CC(C)(C)CC(NCC1CCNCC1)c1ccccc1. The fourth-order valence-electron chi connectivity index (χ4n) is 3.00. The van der Waals surface area contributed by atoms with Crippen LogP contribution >= 0.6 is 0 Å². The lowest BCUT2D eigenvalue weighted by molar-refractivity contribution is 0.283. The highest BCUT2D eigenvalue weighted by molar-refractivity contribution is 5.19. The van der Waals surface area contributed by atoms with Gasteiger partial charge in [0.15, 0.2) is 0 Å². The van der Waals surface area contributed by atoms with Gasteiger partial charge in [0.05, 0.1) is 0 Å². The molecule has 1 aliphatic heterocycles. The monoisotopic (exact) mass is 274 g/mol. The lowest BCUT2D eigenvalue weighted by atomic mass is 9.85. The van der Waals surface area contributed by atoms with Gasteiger partial charge in [-0.05, 0) is 55.8 Å². The molecule has 1 atom stereocenters. The second kappa shape index (κ2) is 7.24. The van der Waals surface area contributed by atoms with Crippen LogP contribution in [0.25, 0.3) is 0 Å². The van der Waals surface area contributed by atoms with Gasteiger partial charge in [0.2, 0.25) is 0 Å². The average molecular weight is 274 g/mol. The molecule has 112 valence electrons. The van der Waals surface area contributed by atoms with Gasteiger partial charge in [0, 0.05) is 6.04 Å². The highest BCUT2D eigenvalue weighted by atomic mass is 14.9. The summed E-state index contributed by atoms with van der Waals surface area (Å²) in [6, 6.07) is 11.4. The first-order valence-electron chi connectivity index (χ1n) is 8.04. The number of hydrogen-bond donors (Lipinski definition) is 2. The van der Waals surface area contributed by atoms with Crippen molar-refractivity contribution in [2.45, 2.75) is 46.1 Å². The summed E-state index contributed by atoms with van der Waals surface area (Å²) >= 11 is 0.